The zero-order valence-corrected chi connectivity index (χ0v) is 10.7. The van der Waals surface area contributed by atoms with E-state index in [0.29, 0.717) is 0 Å². The molecule has 0 saturated heterocycles. The maximum Gasteiger partial charge on any atom is 0.122 e. The maximum absolute atomic E-state index is 5.50. The number of ether oxygens (including phenoxy) is 1. The first-order valence-corrected chi connectivity index (χ1v) is 6.47. The Morgan fingerprint density at radius 1 is 1.38 bits per heavy atom. The Kier molecular flexibility index (Phi) is 4.13. The highest BCUT2D eigenvalue weighted by molar-refractivity contribution is 7.80. The van der Waals surface area contributed by atoms with Crippen LogP contribution in [0.5, 0.6) is 5.75 Å². The summed E-state index contributed by atoms with van der Waals surface area (Å²) in [6.45, 7) is 3.00. The number of fused-ring (bicyclic) bond motifs is 1. The van der Waals surface area contributed by atoms with Crippen LogP contribution in [0.4, 0.5) is 0 Å². The molecule has 1 aliphatic rings. The molecule has 2 rings (SSSR count). The predicted molar refractivity (Wildman–Crippen MR) is 70.7 cm³/mol. The Morgan fingerprint density at radius 2 is 2.25 bits per heavy atom. The molecule has 1 heterocycles. The fourth-order valence-corrected chi connectivity index (χ4v) is 2.34. The number of benzene rings is 1. The molecule has 0 aliphatic carbocycles. The first kappa shape index (κ1) is 11.8. The quantitative estimate of drug-likeness (QED) is 0.787. The van der Waals surface area contributed by atoms with Gasteiger partial charge in [-0.05, 0) is 30.7 Å². The van der Waals surface area contributed by atoms with E-state index in [9.17, 15) is 0 Å². The number of nitrogens with zero attached hydrogens (tertiary/aromatic N) is 1. The van der Waals surface area contributed by atoms with E-state index in [1.807, 2.05) is 0 Å². The van der Waals surface area contributed by atoms with Gasteiger partial charge >= 0.3 is 0 Å². The molecule has 1 aliphatic heterocycles. The van der Waals surface area contributed by atoms with Crippen molar-refractivity contribution in [3.63, 3.8) is 0 Å². The van der Waals surface area contributed by atoms with Crippen LogP contribution >= 0.6 is 12.6 Å². The van der Waals surface area contributed by atoms with Crippen molar-refractivity contribution in [3.8, 4) is 5.75 Å². The van der Waals surface area contributed by atoms with Gasteiger partial charge in [0.1, 0.15) is 5.75 Å². The zero-order valence-electron chi connectivity index (χ0n) is 9.78. The Morgan fingerprint density at radius 3 is 3.06 bits per heavy atom. The lowest BCUT2D eigenvalue weighted by Crippen LogP contribution is -2.23. The third-order valence-electron chi connectivity index (χ3n) is 3.02. The largest absolute Gasteiger partial charge is 0.493 e. The fourth-order valence-electron chi connectivity index (χ4n) is 2.00. The van der Waals surface area contributed by atoms with E-state index in [4.69, 9.17) is 4.74 Å². The smallest absolute Gasteiger partial charge is 0.122 e. The normalized spacial score (nSPS) is 13.9. The molecule has 88 valence electrons. The Bertz CT molecular complexity index is 354. The number of hydrogen-bond acceptors (Lipinski definition) is 3. The monoisotopic (exact) mass is 237 g/mol. The first-order chi connectivity index (χ1) is 7.79. The molecule has 3 heteroatoms. The number of likely N-dealkylation sites (N-methyl/N-ethyl adjacent to an activating group) is 1. The topological polar surface area (TPSA) is 12.5 Å². The molecule has 0 fully saturated rings. The number of thiol groups is 1. The van der Waals surface area contributed by atoms with E-state index in [1.165, 1.54) is 11.1 Å². The molecule has 0 aromatic heterocycles. The van der Waals surface area contributed by atoms with Crippen LogP contribution in [0.25, 0.3) is 0 Å². The Labute approximate surface area is 103 Å². The van der Waals surface area contributed by atoms with Gasteiger partial charge in [-0.15, -0.1) is 0 Å². The minimum absolute atomic E-state index is 0.846. The number of rotatable bonds is 5. The summed E-state index contributed by atoms with van der Waals surface area (Å²) in [5.74, 6) is 2.00. The van der Waals surface area contributed by atoms with Gasteiger partial charge in [-0.2, -0.15) is 12.6 Å². The van der Waals surface area contributed by atoms with E-state index in [2.05, 4.69) is 42.8 Å². The van der Waals surface area contributed by atoms with Crippen molar-refractivity contribution in [2.24, 2.45) is 0 Å². The van der Waals surface area contributed by atoms with Gasteiger partial charge in [0.05, 0.1) is 6.61 Å². The second-order valence-corrected chi connectivity index (χ2v) is 4.76. The van der Waals surface area contributed by atoms with Gasteiger partial charge < -0.3 is 9.64 Å². The third kappa shape index (κ3) is 2.92. The molecule has 2 nitrogen and oxygen atoms in total. The van der Waals surface area contributed by atoms with Crippen molar-refractivity contribution in [3.05, 3.63) is 29.3 Å². The molecule has 0 bridgehead atoms. The van der Waals surface area contributed by atoms with Crippen molar-refractivity contribution in [1.82, 2.24) is 4.90 Å². The summed E-state index contributed by atoms with van der Waals surface area (Å²) in [7, 11) is 2.15. The summed E-state index contributed by atoms with van der Waals surface area (Å²) in [5, 5.41) is 0. The van der Waals surface area contributed by atoms with E-state index in [-0.39, 0.29) is 0 Å². The molecule has 1 aromatic rings. The summed E-state index contributed by atoms with van der Waals surface area (Å²) in [4.78, 5) is 2.32. The van der Waals surface area contributed by atoms with Crippen molar-refractivity contribution in [2.45, 2.75) is 12.8 Å². The molecule has 0 spiro atoms. The van der Waals surface area contributed by atoms with E-state index in [1.54, 1.807) is 0 Å². The van der Waals surface area contributed by atoms with Crippen LogP contribution in [0, 0.1) is 0 Å². The van der Waals surface area contributed by atoms with Crippen molar-refractivity contribution < 1.29 is 4.74 Å². The van der Waals surface area contributed by atoms with Crippen molar-refractivity contribution >= 4 is 12.6 Å². The average Bonchev–Trinajstić information content (AvgIpc) is 2.74. The summed E-state index contributed by atoms with van der Waals surface area (Å²) < 4.78 is 5.50. The second kappa shape index (κ2) is 5.60. The molecule has 0 atom stereocenters. The van der Waals surface area contributed by atoms with E-state index < -0.39 is 0 Å². The van der Waals surface area contributed by atoms with Crippen LogP contribution in [0.15, 0.2) is 18.2 Å². The van der Waals surface area contributed by atoms with Gasteiger partial charge in [0.25, 0.3) is 0 Å². The highest BCUT2D eigenvalue weighted by Gasteiger charge is 2.11. The molecular weight excluding hydrogens is 218 g/mol. The van der Waals surface area contributed by atoms with Crippen LogP contribution < -0.4 is 4.74 Å². The zero-order chi connectivity index (χ0) is 11.4. The maximum atomic E-state index is 5.50. The third-order valence-corrected chi connectivity index (χ3v) is 3.22. The molecule has 0 unspecified atom stereocenters. The highest BCUT2D eigenvalue weighted by Crippen LogP contribution is 2.25. The van der Waals surface area contributed by atoms with Crippen molar-refractivity contribution in [2.75, 3.05) is 32.5 Å². The standard InChI is InChI=1S/C13H19NOS/c1-14(7-9-16)6-4-11-2-3-13-12(10-11)5-8-15-13/h2-3,10,16H,4-9H2,1H3. The summed E-state index contributed by atoms with van der Waals surface area (Å²) >= 11 is 4.24. The van der Waals surface area contributed by atoms with Crippen LogP contribution in [-0.2, 0) is 12.8 Å². The summed E-state index contributed by atoms with van der Waals surface area (Å²) in [6.07, 6.45) is 2.17. The van der Waals surface area contributed by atoms with Gasteiger partial charge in [0.15, 0.2) is 0 Å². The Hall–Kier alpha value is -0.670. The van der Waals surface area contributed by atoms with E-state index >= 15 is 0 Å². The van der Waals surface area contributed by atoms with Gasteiger partial charge in [0.2, 0.25) is 0 Å². The van der Waals surface area contributed by atoms with Gasteiger partial charge in [-0.3, -0.25) is 0 Å². The lowest BCUT2D eigenvalue weighted by molar-refractivity contribution is 0.356. The second-order valence-electron chi connectivity index (χ2n) is 4.32. The molecular formula is C13H19NOS. The first-order valence-electron chi connectivity index (χ1n) is 5.83. The lowest BCUT2D eigenvalue weighted by atomic mass is 10.1. The molecule has 16 heavy (non-hydrogen) atoms. The summed E-state index contributed by atoms with van der Waals surface area (Å²) in [5.41, 5.74) is 2.78. The predicted octanol–water partition coefficient (Wildman–Crippen LogP) is 2.03. The van der Waals surface area contributed by atoms with Crippen LogP contribution in [0.1, 0.15) is 11.1 Å². The van der Waals surface area contributed by atoms with Gasteiger partial charge in [0, 0.05) is 25.3 Å². The minimum atomic E-state index is 0.846. The van der Waals surface area contributed by atoms with Crippen LogP contribution in [0.3, 0.4) is 0 Å². The average molecular weight is 237 g/mol. The minimum Gasteiger partial charge on any atom is -0.493 e. The molecule has 0 amide bonds. The fraction of sp³-hybridized carbons (Fsp3) is 0.538. The molecule has 0 N–H and O–H groups in total. The summed E-state index contributed by atoms with van der Waals surface area (Å²) in [6, 6.07) is 6.58. The molecule has 0 radical (unpaired) electrons. The number of hydrogen-bond donors (Lipinski definition) is 1. The molecule has 1 aromatic carbocycles. The lowest BCUT2D eigenvalue weighted by Gasteiger charge is -2.15. The van der Waals surface area contributed by atoms with Crippen LogP contribution in [-0.4, -0.2) is 37.4 Å². The van der Waals surface area contributed by atoms with Crippen LogP contribution in [0.2, 0.25) is 0 Å². The van der Waals surface area contributed by atoms with Gasteiger partial charge in [-0.25, -0.2) is 0 Å². The van der Waals surface area contributed by atoms with Crippen molar-refractivity contribution in [1.29, 1.82) is 0 Å². The SMILES string of the molecule is CN(CCS)CCc1ccc2c(c1)CCO2. The Balaban J connectivity index is 1.90. The highest BCUT2D eigenvalue weighted by atomic mass is 32.1. The van der Waals surface area contributed by atoms with Gasteiger partial charge in [-0.1, -0.05) is 12.1 Å². The molecule has 0 saturated carbocycles. The van der Waals surface area contributed by atoms with E-state index in [0.717, 1.165) is 44.0 Å².